The molecule has 7 heteroatoms. The summed E-state index contributed by atoms with van der Waals surface area (Å²) >= 11 is 5.82. The lowest BCUT2D eigenvalue weighted by molar-refractivity contribution is -0.152. The highest BCUT2D eigenvalue weighted by Crippen LogP contribution is 2.28. The molecule has 3 rings (SSSR count). The zero-order chi connectivity index (χ0) is 20.8. The van der Waals surface area contributed by atoms with Crippen LogP contribution in [-0.4, -0.2) is 35.8 Å². The van der Waals surface area contributed by atoms with Crippen LogP contribution in [0.4, 0.5) is 0 Å². The average molecular weight is 415 g/mol. The molecule has 0 aliphatic carbocycles. The first-order valence-electron chi connectivity index (χ1n) is 9.46. The van der Waals surface area contributed by atoms with Crippen molar-refractivity contribution in [2.24, 2.45) is 5.92 Å². The van der Waals surface area contributed by atoms with Crippen molar-refractivity contribution in [1.82, 2.24) is 10.2 Å². The van der Waals surface area contributed by atoms with Crippen LogP contribution in [0.5, 0.6) is 0 Å². The zero-order valence-corrected chi connectivity index (χ0v) is 16.9. The van der Waals surface area contributed by atoms with Crippen LogP contribution < -0.4 is 5.32 Å². The minimum absolute atomic E-state index is 0.0875. The van der Waals surface area contributed by atoms with Crippen molar-refractivity contribution in [3.8, 4) is 0 Å². The monoisotopic (exact) mass is 414 g/mol. The second-order valence-corrected chi connectivity index (χ2v) is 7.48. The first kappa shape index (κ1) is 20.9. The Morgan fingerprint density at radius 1 is 1.17 bits per heavy atom. The van der Waals surface area contributed by atoms with Crippen LogP contribution in [0.2, 0.25) is 5.02 Å². The lowest BCUT2D eigenvalue weighted by Crippen LogP contribution is -2.32. The maximum atomic E-state index is 12.4. The fourth-order valence-corrected chi connectivity index (χ4v) is 3.41. The molecule has 29 heavy (non-hydrogen) atoms. The molecule has 2 atom stereocenters. The fraction of sp³-hybridized carbons (Fsp3) is 0.318. The molecular weight excluding hydrogens is 392 g/mol. The van der Waals surface area contributed by atoms with Crippen LogP contribution >= 0.6 is 11.6 Å². The number of hydrogen-bond donors (Lipinski definition) is 1. The van der Waals surface area contributed by atoms with E-state index in [9.17, 15) is 14.4 Å². The van der Waals surface area contributed by atoms with E-state index in [2.05, 4.69) is 5.32 Å². The van der Waals surface area contributed by atoms with Crippen molar-refractivity contribution in [2.45, 2.75) is 25.9 Å². The largest absolute Gasteiger partial charge is 0.455 e. The maximum absolute atomic E-state index is 12.4. The highest BCUT2D eigenvalue weighted by atomic mass is 35.5. The van der Waals surface area contributed by atoms with Gasteiger partial charge in [-0.1, -0.05) is 54.1 Å². The van der Waals surface area contributed by atoms with E-state index in [1.54, 1.807) is 29.2 Å². The summed E-state index contributed by atoms with van der Waals surface area (Å²) in [5, 5.41) is 3.31. The van der Waals surface area contributed by atoms with E-state index in [0.717, 1.165) is 11.1 Å². The molecule has 0 bridgehead atoms. The summed E-state index contributed by atoms with van der Waals surface area (Å²) in [6.07, 6.45) is 0.0996. The van der Waals surface area contributed by atoms with Crippen LogP contribution in [0, 0.1) is 5.92 Å². The molecule has 6 nitrogen and oxygen atoms in total. The van der Waals surface area contributed by atoms with Gasteiger partial charge in [-0.25, -0.2) is 0 Å². The Bertz CT molecular complexity index is 870. The van der Waals surface area contributed by atoms with E-state index in [1.165, 1.54) is 0 Å². The number of carbonyl (C=O) groups excluding carboxylic acids is 3. The predicted octanol–water partition coefficient (Wildman–Crippen LogP) is 3.11. The zero-order valence-electron chi connectivity index (χ0n) is 16.1. The van der Waals surface area contributed by atoms with Gasteiger partial charge < -0.3 is 15.0 Å². The number of ether oxygens (including phenoxy) is 1. The van der Waals surface area contributed by atoms with Crippen molar-refractivity contribution in [2.75, 3.05) is 13.2 Å². The van der Waals surface area contributed by atoms with Crippen LogP contribution in [0.3, 0.4) is 0 Å². The Labute approximate surface area is 174 Å². The molecular formula is C22H23ClN2O4. The van der Waals surface area contributed by atoms with Crippen molar-refractivity contribution in [3.05, 3.63) is 70.7 Å². The predicted molar refractivity (Wildman–Crippen MR) is 109 cm³/mol. The Morgan fingerprint density at radius 2 is 1.86 bits per heavy atom. The van der Waals surface area contributed by atoms with E-state index in [0.29, 0.717) is 18.1 Å². The van der Waals surface area contributed by atoms with Gasteiger partial charge in [-0.15, -0.1) is 0 Å². The standard InChI is InChI=1S/C22H23ClN2O4/c1-15(17-5-3-2-4-6-17)25-13-18(11-21(25)27)22(28)29-14-20(26)24-12-16-7-9-19(23)10-8-16/h2-10,15,18H,11-14H2,1H3,(H,24,26)/t15-,18-/m0/s1. The molecule has 1 aliphatic heterocycles. The van der Waals surface area contributed by atoms with Crippen LogP contribution in [0.25, 0.3) is 0 Å². The topological polar surface area (TPSA) is 75.7 Å². The minimum atomic E-state index is -0.558. The van der Waals surface area contributed by atoms with Crippen LogP contribution in [-0.2, 0) is 25.7 Å². The lowest BCUT2D eigenvalue weighted by atomic mass is 10.1. The maximum Gasteiger partial charge on any atom is 0.311 e. The first-order chi connectivity index (χ1) is 13.9. The second-order valence-electron chi connectivity index (χ2n) is 7.04. The van der Waals surface area contributed by atoms with E-state index < -0.39 is 17.8 Å². The molecule has 1 fully saturated rings. The van der Waals surface area contributed by atoms with Crippen molar-refractivity contribution in [3.63, 3.8) is 0 Å². The Hall–Kier alpha value is -2.86. The number of hydrogen-bond acceptors (Lipinski definition) is 4. The number of nitrogens with one attached hydrogen (secondary N) is 1. The number of amides is 2. The molecule has 0 radical (unpaired) electrons. The van der Waals surface area contributed by atoms with Gasteiger partial charge in [-0.05, 0) is 30.2 Å². The SMILES string of the molecule is C[C@@H](c1ccccc1)N1C[C@@H](C(=O)OCC(=O)NCc2ccc(Cl)cc2)CC1=O. The molecule has 1 heterocycles. The molecule has 1 N–H and O–H groups in total. The molecule has 0 unspecified atom stereocenters. The molecule has 1 saturated heterocycles. The number of halogens is 1. The van der Waals surface area contributed by atoms with Crippen molar-refractivity contribution in [1.29, 1.82) is 0 Å². The summed E-state index contributed by atoms with van der Waals surface area (Å²) in [4.78, 5) is 38.3. The van der Waals surface area contributed by atoms with Gasteiger partial charge in [-0.2, -0.15) is 0 Å². The van der Waals surface area contributed by atoms with Gasteiger partial charge in [0.05, 0.1) is 12.0 Å². The highest BCUT2D eigenvalue weighted by molar-refractivity contribution is 6.30. The normalized spacial score (nSPS) is 17.1. The number of esters is 1. The van der Waals surface area contributed by atoms with Gasteiger partial charge in [0.2, 0.25) is 5.91 Å². The van der Waals surface area contributed by atoms with Crippen molar-refractivity contribution < 1.29 is 19.1 Å². The van der Waals surface area contributed by atoms with E-state index in [-0.39, 0.29) is 25.0 Å². The summed E-state index contributed by atoms with van der Waals surface area (Å²) in [6.45, 7) is 2.18. The molecule has 2 aromatic carbocycles. The summed E-state index contributed by atoms with van der Waals surface area (Å²) in [5.74, 6) is -1.57. The molecule has 2 aromatic rings. The Kier molecular flexibility index (Phi) is 6.88. The molecule has 0 aromatic heterocycles. The summed E-state index contributed by atoms with van der Waals surface area (Å²) in [6, 6.07) is 16.6. The van der Waals surface area contributed by atoms with E-state index >= 15 is 0 Å². The third-order valence-corrected chi connectivity index (χ3v) is 5.24. The summed E-state index contributed by atoms with van der Waals surface area (Å²) in [5.41, 5.74) is 1.90. The van der Waals surface area contributed by atoms with Gasteiger partial charge in [0, 0.05) is 24.5 Å². The molecule has 1 aliphatic rings. The third kappa shape index (κ3) is 5.57. The summed E-state index contributed by atoms with van der Waals surface area (Å²) in [7, 11) is 0. The van der Waals surface area contributed by atoms with E-state index in [4.69, 9.17) is 16.3 Å². The van der Waals surface area contributed by atoms with Gasteiger partial charge >= 0.3 is 5.97 Å². The number of rotatable bonds is 7. The van der Waals surface area contributed by atoms with Gasteiger partial charge in [0.1, 0.15) is 0 Å². The van der Waals surface area contributed by atoms with Crippen LogP contribution in [0.15, 0.2) is 54.6 Å². The molecule has 152 valence electrons. The molecule has 0 saturated carbocycles. The molecule has 2 amide bonds. The second kappa shape index (κ2) is 9.56. The quantitative estimate of drug-likeness (QED) is 0.706. The lowest BCUT2D eigenvalue weighted by Gasteiger charge is -2.25. The van der Waals surface area contributed by atoms with E-state index in [1.807, 2.05) is 37.3 Å². The average Bonchev–Trinajstić information content (AvgIpc) is 3.13. The fourth-order valence-electron chi connectivity index (χ4n) is 3.28. The van der Waals surface area contributed by atoms with Gasteiger partial charge in [0.15, 0.2) is 6.61 Å². The summed E-state index contributed by atoms with van der Waals surface area (Å²) < 4.78 is 5.13. The number of nitrogens with zero attached hydrogens (tertiary/aromatic N) is 1. The number of benzene rings is 2. The van der Waals surface area contributed by atoms with Gasteiger partial charge in [-0.3, -0.25) is 14.4 Å². The highest BCUT2D eigenvalue weighted by Gasteiger charge is 2.38. The van der Waals surface area contributed by atoms with Crippen LogP contribution in [0.1, 0.15) is 30.5 Å². The third-order valence-electron chi connectivity index (χ3n) is 4.99. The number of likely N-dealkylation sites (tertiary alicyclic amines) is 1. The van der Waals surface area contributed by atoms with Crippen molar-refractivity contribution >= 4 is 29.4 Å². The number of carbonyl (C=O) groups is 3. The Balaban J connectivity index is 1.45. The first-order valence-corrected chi connectivity index (χ1v) is 9.84. The Morgan fingerprint density at radius 3 is 2.55 bits per heavy atom. The van der Waals surface area contributed by atoms with Gasteiger partial charge in [0.25, 0.3) is 5.91 Å². The molecule has 0 spiro atoms. The minimum Gasteiger partial charge on any atom is -0.455 e. The smallest absolute Gasteiger partial charge is 0.311 e.